The van der Waals surface area contributed by atoms with E-state index in [-0.39, 0.29) is 24.0 Å². The summed E-state index contributed by atoms with van der Waals surface area (Å²) in [5.74, 6) is 1.87. The Labute approximate surface area is 125 Å². The van der Waals surface area contributed by atoms with E-state index in [1.54, 1.807) is 0 Å². The van der Waals surface area contributed by atoms with E-state index in [2.05, 4.69) is 33.6 Å². The highest BCUT2D eigenvalue weighted by atomic mass is 127. The largest absolute Gasteiger partial charge is 0.362 e. The number of aromatic nitrogens is 1. The van der Waals surface area contributed by atoms with Crippen LogP contribution in [0.2, 0.25) is 0 Å². The zero-order chi connectivity index (χ0) is 12.3. The summed E-state index contributed by atoms with van der Waals surface area (Å²) >= 11 is 0. The van der Waals surface area contributed by atoms with Gasteiger partial charge >= 0.3 is 0 Å². The topological polar surface area (TPSA) is 52.6 Å². The molecule has 5 nitrogen and oxygen atoms in total. The van der Waals surface area contributed by atoms with Crippen molar-refractivity contribution in [2.24, 2.45) is 4.99 Å². The van der Waals surface area contributed by atoms with Crippen molar-refractivity contribution < 1.29 is 0 Å². The number of nitrogens with one attached hydrogen (secondary N) is 2. The van der Waals surface area contributed by atoms with Crippen molar-refractivity contribution in [2.75, 3.05) is 25.5 Å². The number of nitrogens with zero attached hydrogens (tertiary/aromatic N) is 3. The maximum atomic E-state index is 4.37. The van der Waals surface area contributed by atoms with E-state index < -0.39 is 0 Å². The Hall–Kier alpha value is -1.05. The molecule has 0 aromatic carbocycles. The van der Waals surface area contributed by atoms with Crippen LogP contribution in [0.4, 0.5) is 5.82 Å². The molecule has 1 aromatic rings. The maximum absolute atomic E-state index is 4.37. The third kappa shape index (κ3) is 3.72. The SMILES string of the molecule is CC1CN=C(NCc2cccnc2N(C)C)N1.I. The average Bonchev–Trinajstić information content (AvgIpc) is 2.73. The smallest absolute Gasteiger partial charge is 0.191 e. The van der Waals surface area contributed by atoms with Gasteiger partial charge in [0.2, 0.25) is 0 Å². The molecule has 0 radical (unpaired) electrons. The summed E-state index contributed by atoms with van der Waals surface area (Å²) in [5, 5.41) is 6.57. The predicted octanol–water partition coefficient (Wildman–Crippen LogP) is 1.20. The van der Waals surface area contributed by atoms with Crippen LogP contribution in [0.15, 0.2) is 23.3 Å². The van der Waals surface area contributed by atoms with Crippen LogP contribution < -0.4 is 15.5 Å². The fourth-order valence-electron chi connectivity index (χ4n) is 1.81. The van der Waals surface area contributed by atoms with Crippen LogP contribution in [0.1, 0.15) is 12.5 Å². The molecule has 1 aliphatic rings. The third-order valence-electron chi connectivity index (χ3n) is 2.64. The van der Waals surface area contributed by atoms with E-state index in [1.165, 1.54) is 5.56 Å². The Morgan fingerprint density at radius 2 is 2.28 bits per heavy atom. The van der Waals surface area contributed by atoms with E-state index in [4.69, 9.17) is 0 Å². The van der Waals surface area contributed by atoms with E-state index in [9.17, 15) is 0 Å². The first-order chi connectivity index (χ1) is 8.16. The van der Waals surface area contributed by atoms with Gasteiger partial charge in [-0.25, -0.2) is 4.98 Å². The summed E-state index contributed by atoms with van der Waals surface area (Å²) in [7, 11) is 4.00. The summed E-state index contributed by atoms with van der Waals surface area (Å²) in [5.41, 5.74) is 1.17. The summed E-state index contributed by atoms with van der Waals surface area (Å²) < 4.78 is 0. The summed E-state index contributed by atoms with van der Waals surface area (Å²) in [6.07, 6.45) is 1.81. The minimum absolute atomic E-state index is 0. The highest BCUT2D eigenvalue weighted by Gasteiger charge is 2.12. The third-order valence-corrected chi connectivity index (χ3v) is 2.64. The predicted molar refractivity (Wildman–Crippen MR) is 85.7 cm³/mol. The summed E-state index contributed by atoms with van der Waals surface area (Å²) in [6, 6.07) is 4.46. The van der Waals surface area contributed by atoms with Gasteiger partial charge in [-0.05, 0) is 13.0 Å². The lowest BCUT2D eigenvalue weighted by atomic mass is 10.2. The Morgan fingerprint density at radius 3 is 2.89 bits per heavy atom. The number of pyridine rings is 1. The Balaban J connectivity index is 0.00000162. The van der Waals surface area contributed by atoms with Gasteiger partial charge in [0, 0.05) is 38.4 Å². The van der Waals surface area contributed by atoms with Crippen LogP contribution in [0, 0.1) is 0 Å². The number of halogens is 1. The molecule has 0 spiro atoms. The van der Waals surface area contributed by atoms with Gasteiger partial charge in [0.15, 0.2) is 5.96 Å². The second-order valence-corrected chi connectivity index (χ2v) is 4.47. The van der Waals surface area contributed by atoms with Crippen LogP contribution in [0.25, 0.3) is 0 Å². The molecule has 0 fully saturated rings. The van der Waals surface area contributed by atoms with Gasteiger partial charge in [-0.2, -0.15) is 0 Å². The Kier molecular flexibility index (Phi) is 5.64. The highest BCUT2D eigenvalue weighted by molar-refractivity contribution is 14.0. The first kappa shape index (κ1) is 15.0. The molecule has 0 bridgehead atoms. The Morgan fingerprint density at radius 1 is 1.50 bits per heavy atom. The maximum Gasteiger partial charge on any atom is 0.191 e. The average molecular weight is 361 g/mol. The van der Waals surface area contributed by atoms with Crippen LogP contribution in [0.5, 0.6) is 0 Å². The number of guanidine groups is 1. The number of rotatable bonds is 3. The van der Waals surface area contributed by atoms with E-state index in [0.29, 0.717) is 6.04 Å². The molecule has 2 heterocycles. The van der Waals surface area contributed by atoms with Gasteiger partial charge in [-0.15, -0.1) is 24.0 Å². The van der Waals surface area contributed by atoms with E-state index in [0.717, 1.165) is 24.9 Å². The molecule has 100 valence electrons. The molecule has 2 rings (SSSR count). The number of anilines is 1. The van der Waals surface area contributed by atoms with Crippen LogP contribution in [-0.4, -0.2) is 37.6 Å². The first-order valence-corrected chi connectivity index (χ1v) is 5.83. The second kappa shape index (κ2) is 6.77. The second-order valence-electron chi connectivity index (χ2n) is 4.47. The fourth-order valence-corrected chi connectivity index (χ4v) is 1.81. The lowest BCUT2D eigenvalue weighted by molar-refractivity contribution is 0.713. The van der Waals surface area contributed by atoms with E-state index in [1.807, 2.05) is 31.3 Å². The van der Waals surface area contributed by atoms with Crippen molar-refractivity contribution in [2.45, 2.75) is 19.5 Å². The molecule has 1 aliphatic heterocycles. The molecule has 0 saturated heterocycles. The minimum Gasteiger partial charge on any atom is -0.362 e. The van der Waals surface area contributed by atoms with Crippen LogP contribution in [0.3, 0.4) is 0 Å². The van der Waals surface area contributed by atoms with Gasteiger partial charge in [0.05, 0.1) is 6.54 Å². The van der Waals surface area contributed by atoms with Crippen LogP contribution in [-0.2, 0) is 6.54 Å². The molecule has 1 unspecified atom stereocenters. The highest BCUT2D eigenvalue weighted by Crippen LogP contribution is 2.13. The van der Waals surface area contributed by atoms with Gasteiger partial charge in [0.25, 0.3) is 0 Å². The van der Waals surface area contributed by atoms with Gasteiger partial charge in [0.1, 0.15) is 5.82 Å². The van der Waals surface area contributed by atoms with Gasteiger partial charge < -0.3 is 15.5 Å². The monoisotopic (exact) mass is 361 g/mol. The van der Waals surface area contributed by atoms with Crippen molar-refractivity contribution in [3.8, 4) is 0 Å². The zero-order valence-corrected chi connectivity index (χ0v) is 13.3. The molecular formula is C12H20IN5. The summed E-state index contributed by atoms with van der Waals surface area (Å²) in [4.78, 5) is 10.7. The van der Waals surface area contributed by atoms with Gasteiger partial charge in [-0.3, -0.25) is 4.99 Å². The minimum atomic E-state index is 0. The molecule has 1 aromatic heterocycles. The molecule has 18 heavy (non-hydrogen) atoms. The number of aliphatic imine (C=N–C) groups is 1. The van der Waals surface area contributed by atoms with Crippen molar-refractivity contribution in [1.82, 2.24) is 15.6 Å². The standard InChI is InChI=1S/C12H19N5.HI/c1-9-7-14-12(16-9)15-8-10-5-4-6-13-11(10)17(2)3;/h4-6,9H,7-8H2,1-3H3,(H2,14,15,16);1H. The first-order valence-electron chi connectivity index (χ1n) is 5.83. The van der Waals surface area contributed by atoms with Crippen molar-refractivity contribution in [3.05, 3.63) is 23.9 Å². The lowest BCUT2D eigenvalue weighted by Crippen LogP contribution is -2.37. The number of hydrogen-bond acceptors (Lipinski definition) is 5. The van der Waals surface area contributed by atoms with Crippen LogP contribution >= 0.6 is 24.0 Å². The Bertz CT molecular complexity index is 419. The molecule has 6 heteroatoms. The fraction of sp³-hybridized carbons (Fsp3) is 0.500. The van der Waals surface area contributed by atoms with Crippen molar-refractivity contribution in [1.29, 1.82) is 0 Å². The molecule has 0 amide bonds. The molecule has 0 aliphatic carbocycles. The number of hydrogen-bond donors (Lipinski definition) is 2. The molecule has 2 N–H and O–H groups in total. The molecule has 0 saturated carbocycles. The lowest BCUT2D eigenvalue weighted by Gasteiger charge is -2.16. The quantitative estimate of drug-likeness (QED) is 0.795. The molecule has 1 atom stereocenters. The van der Waals surface area contributed by atoms with Crippen molar-refractivity contribution in [3.63, 3.8) is 0 Å². The van der Waals surface area contributed by atoms with Crippen molar-refractivity contribution >= 4 is 35.8 Å². The van der Waals surface area contributed by atoms with E-state index >= 15 is 0 Å². The zero-order valence-electron chi connectivity index (χ0n) is 11.0. The van der Waals surface area contributed by atoms with Gasteiger partial charge in [-0.1, -0.05) is 6.07 Å². The summed E-state index contributed by atoms with van der Waals surface area (Å²) in [6.45, 7) is 3.70. The normalized spacial score (nSPS) is 17.5. The molecular weight excluding hydrogens is 341 g/mol.